The highest BCUT2D eigenvalue weighted by atomic mass is 32.2. The number of aromatic hydroxyl groups is 1. The van der Waals surface area contributed by atoms with Gasteiger partial charge in [0.1, 0.15) is 6.04 Å². The lowest BCUT2D eigenvalue weighted by atomic mass is 9.80. The van der Waals surface area contributed by atoms with Gasteiger partial charge in [-0.05, 0) is 48.6 Å². The molecular formula is C29H28F3N3O3S. The standard InChI is InChI=1S/C29H28F3N3O3S/c1-17(29(30,31)32)35-15-21(34-14-11-22(36)27(37)26(34)28(35)38)25-19-8-2-3-10-23(19)39-16-18-7-6-9-20(24(18)25)33-12-4-5-13-33/h2-3,6-11,14,17,21,25,37H,4-5,12-13,15-16H2,1H3/t17-,21?,25+/m1/s1. The normalized spacial score (nSPS) is 21.7. The third-order valence-corrected chi connectivity index (χ3v) is 9.34. The van der Waals surface area contributed by atoms with E-state index in [2.05, 4.69) is 17.0 Å². The van der Waals surface area contributed by atoms with Crippen LogP contribution in [0.25, 0.3) is 0 Å². The molecule has 0 bridgehead atoms. The summed E-state index contributed by atoms with van der Waals surface area (Å²) in [6.07, 6.45) is -1.12. The van der Waals surface area contributed by atoms with Crippen molar-refractivity contribution in [2.45, 2.75) is 54.6 Å². The maximum atomic E-state index is 14.0. The number of nitrogens with zero attached hydrogens (tertiary/aromatic N) is 3. The molecule has 204 valence electrons. The van der Waals surface area contributed by atoms with E-state index in [1.54, 1.807) is 11.8 Å². The summed E-state index contributed by atoms with van der Waals surface area (Å²) in [6.45, 7) is 2.50. The summed E-state index contributed by atoms with van der Waals surface area (Å²) in [7, 11) is 0. The van der Waals surface area contributed by atoms with Crippen molar-refractivity contribution < 1.29 is 23.1 Å². The lowest BCUT2D eigenvalue weighted by Crippen LogP contribution is -2.54. The second-order valence-corrected chi connectivity index (χ2v) is 11.4. The fourth-order valence-corrected chi connectivity index (χ4v) is 7.31. The van der Waals surface area contributed by atoms with Crippen LogP contribution in [0.2, 0.25) is 0 Å². The third-order valence-electron chi connectivity index (χ3n) is 8.20. The first kappa shape index (κ1) is 25.9. The molecule has 1 saturated heterocycles. The van der Waals surface area contributed by atoms with Gasteiger partial charge in [-0.15, -0.1) is 11.8 Å². The van der Waals surface area contributed by atoms with Crippen LogP contribution in [-0.4, -0.2) is 52.3 Å². The second-order valence-electron chi connectivity index (χ2n) is 10.4. The molecule has 1 N–H and O–H groups in total. The predicted molar refractivity (Wildman–Crippen MR) is 144 cm³/mol. The number of pyridine rings is 1. The van der Waals surface area contributed by atoms with E-state index in [1.165, 1.54) is 16.8 Å². The fourth-order valence-electron chi connectivity index (χ4n) is 6.21. The molecule has 1 aromatic heterocycles. The van der Waals surface area contributed by atoms with Gasteiger partial charge in [0.25, 0.3) is 5.91 Å². The van der Waals surface area contributed by atoms with Crippen molar-refractivity contribution in [3.8, 4) is 5.75 Å². The minimum absolute atomic E-state index is 0.230. The van der Waals surface area contributed by atoms with Crippen molar-refractivity contribution in [2.24, 2.45) is 0 Å². The van der Waals surface area contributed by atoms with Crippen molar-refractivity contribution >= 4 is 23.4 Å². The van der Waals surface area contributed by atoms with E-state index in [9.17, 15) is 27.9 Å². The second kappa shape index (κ2) is 9.66. The highest BCUT2D eigenvalue weighted by Crippen LogP contribution is 2.51. The van der Waals surface area contributed by atoms with Gasteiger partial charge in [0.2, 0.25) is 5.43 Å². The molecule has 3 aliphatic rings. The molecule has 3 aromatic rings. The molecule has 3 aliphatic heterocycles. The van der Waals surface area contributed by atoms with Crippen LogP contribution in [0.5, 0.6) is 5.75 Å². The summed E-state index contributed by atoms with van der Waals surface area (Å²) < 4.78 is 43.6. The third kappa shape index (κ3) is 4.29. The highest BCUT2D eigenvalue weighted by molar-refractivity contribution is 7.98. The Kier molecular flexibility index (Phi) is 6.40. The Labute approximate surface area is 228 Å². The largest absolute Gasteiger partial charge is 0.503 e. The fraction of sp³-hybridized carbons (Fsp3) is 0.379. The van der Waals surface area contributed by atoms with Crippen molar-refractivity contribution in [3.05, 3.63) is 87.3 Å². The molecule has 1 unspecified atom stereocenters. The molecule has 39 heavy (non-hydrogen) atoms. The topological polar surface area (TPSA) is 65.8 Å². The summed E-state index contributed by atoms with van der Waals surface area (Å²) in [5.74, 6) is -1.56. The molecule has 0 saturated carbocycles. The van der Waals surface area contributed by atoms with Crippen LogP contribution >= 0.6 is 11.8 Å². The van der Waals surface area contributed by atoms with E-state index in [4.69, 9.17) is 0 Å². The van der Waals surface area contributed by atoms with E-state index in [0.29, 0.717) is 5.75 Å². The van der Waals surface area contributed by atoms with Crippen LogP contribution in [0.4, 0.5) is 18.9 Å². The van der Waals surface area contributed by atoms with Crippen LogP contribution < -0.4 is 10.3 Å². The number of anilines is 1. The van der Waals surface area contributed by atoms with E-state index < -0.39 is 47.0 Å². The van der Waals surface area contributed by atoms with Crippen LogP contribution in [0.3, 0.4) is 0 Å². The number of hydrogen-bond donors (Lipinski definition) is 1. The summed E-state index contributed by atoms with van der Waals surface area (Å²) >= 11 is 1.68. The van der Waals surface area contributed by atoms with E-state index in [0.717, 1.165) is 65.0 Å². The number of rotatable bonds is 3. The lowest BCUT2D eigenvalue weighted by molar-refractivity contribution is -0.174. The minimum Gasteiger partial charge on any atom is -0.503 e. The predicted octanol–water partition coefficient (Wildman–Crippen LogP) is 5.54. The monoisotopic (exact) mass is 555 g/mol. The van der Waals surface area contributed by atoms with E-state index >= 15 is 0 Å². The molecule has 3 atom stereocenters. The smallest absolute Gasteiger partial charge is 0.408 e. The van der Waals surface area contributed by atoms with E-state index in [-0.39, 0.29) is 6.54 Å². The van der Waals surface area contributed by atoms with Crippen LogP contribution in [-0.2, 0) is 5.75 Å². The number of amides is 1. The summed E-state index contributed by atoms with van der Waals surface area (Å²) in [5, 5.41) is 10.7. The first-order valence-electron chi connectivity index (χ1n) is 13.1. The number of hydrogen-bond acceptors (Lipinski definition) is 5. The molecule has 0 spiro atoms. The Morgan fingerprint density at radius 1 is 1.03 bits per heavy atom. The number of aromatic nitrogens is 1. The molecule has 0 aliphatic carbocycles. The Morgan fingerprint density at radius 3 is 2.51 bits per heavy atom. The van der Waals surface area contributed by atoms with Gasteiger partial charge in [0, 0.05) is 54.2 Å². The van der Waals surface area contributed by atoms with E-state index in [1.807, 2.05) is 30.3 Å². The number of carbonyl (C=O) groups excluding carboxylic acids is 1. The number of benzene rings is 2. The van der Waals surface area contributed by atoms with Crippen LogP contribution in [0.1, 0.15) is 58.9 Å². The zero-order valence-corrected chi connectivity index (χ0v) is 22.1. The first-order chi connectivity index (χ1) is 18.7. The minimum atomic E-state index is -4.68. The number of carbonyl (C=O) groups is 1. The van der Waals surface area contributed by atoms with Gasteiger partial charge in [0.05, 0.1) is 6.04 Å². The molecule has 1 fully saturated rings. The number of thioether (sulfide) groups is 1. The number of fused-ring (bicyclic) bond motifs is 3. The molecule has 6 rings (SSSR count). The van der Waals surface area contributed by atoms with Crippen molar-refractivity contribution in [2.75, 3.05) is 24.5 Å². The van der Waals surface area contributed by atoms with Gasteiger partial charge in [0.15, 0.2) is 11.4 Å². The van der Waals surface area contributed by atoms with Crippen molar-refractivity contribution in [3.63, 3.8) is 0 Å². The van der Waals surface area contributed by atoms with Crippen LogP contribution in [0, 0.1) is 0 Å². The average Bonchev–Trinajstić information content (AvgIpc) is 3.40. The molecule has 0 radical (unpaired) electrons. The van der Waals surface area contributed by atoms with Gasteiger partial charge < -0.3 is 19.5 Å². The Hall–Kier alpha value is -3.40. The van der Waals surface area contributed by atoms with Gasteiger partial charge >= 0.3 is 6.18 Å². The maximum absolute atomic E-state index is 14.0. The molecule has 1 amide bonds. The van der Waals surface area contributed by atoms with Crippen molar-refractivity contribution in [1.29, 1.82) is 0 Å². The van der Waals surface area contributed by atoms with Crippen LogP contribution in [0.15, 0.2) is 64.4 Å². The SMILES string of the molecule is C[C@@H](N1CC([C@@H]2c3ccccc3SCc3cccc(N4CCCC4)c32)n2ccc(=O)c(O)c2C1=O)C(F)(F)F. The average molecular weight is 556 g/mol. The Balaban J connectivity index is 1.63. The molecule has 2 aromatic carbocycles. The number of alkyl halides is 3. The maximum Gasteiger partial charge on any atom is 0.408 e. The quantitative estimate of drug-likeness (QED) is 0.460. The Morgan fingerprint density at radius 2 is 1.77 bits per heavy atom. The molecule has 10 heteroatoms. The highest BCUT2D eigenvalue weighted by Gasteiger charge is 2.48. The van der Waals surface area contributed by atoms with Gasteiger partial charge in [-0.3, -0.25) is 9.59 Å². The Bertz CT molecular complexity index is 1500. The molecule has 6 nitrogen and oxygen atoms in total. The summed E-state index contributed by atoms with van der Waals surface area (Å²) in [5.41, 5.74) is 2.92. The first-order valence-corrected chi connectivity index (χ1v) is 14.1. The zero-order chi connectivity index (χ0) is 27.5. The molecular weight excluding hydrogens is 527 g/mol. The zero-order valence-electron chi connectivity index (χ0n) is 21.3. The number of halogens is 3. The van der Waals surface area contributed by atoms with Gasteiger partial charge in [-0.2, -0.15) is 13.2 Å². The summed E-state index contributed by atoms with van der Waals surface area (Å²) in [4.78, 5) is 30.0. The van der Waals surface area contributed by atoms with Crippen molar-refractivity contribution in [1.82, 2.24) is 9.47 Å². The van der Waals surface area contributed by atoms with Gasteiger partial charge in [-0.1, -0.05) is 30.3 Å². The molecule has 4 heterocycles. The van der Waals surface area contributed by atoms with Gasteiger partial charge in [-0.25, -0.2) is 0 Å². The summed E-state index contributed by atoms with van der Waals surface area (Å²) in [6, 6.07) is 12.4. The lowest BCUT2D eigenvalue weighted by Gasteiger charge is -2.43.